The maximum Gasteiger partial charge on any atom is 0.251 e. The Balaban J connectivity index is 1.51. The van der Waals surface area contributed by atoms with E-state index in [1.54, 1.807) is 24.5 Å². The summed E-state index contributed by atoms with van der Waals surface area (Å²) in [5.74, 6) is 0.0614. The fraction of sp³-hybridized carbons (Fsp3) is 0.250. The van der Waals surface area contributed by atoms with Gasteiger partial charge in [0.05, 0.1) is 23.5 Å². The van der Waals surface area contributed by atoms with E-state index >= 15 is 0 Å². The molecule has 3 aromatic rings. The van der Waals surface area contributed by atoms with E-state index in [1.807, 2.05) is 36.4 Å². The van der Waals surface area contributed by atoms with Crippen molar-refractivity contribution >= 4 is 5.91 Å². The van der Waals surface area contributed by atoms with Crippen molar-refractivity contribution in [2.45, 2.75) is 25.0 Å². The number of aromatic amines is 1. The van der Waals surface area contributed by atoms with Crippen molar-refractivity contribution < 1.29 is 9.90 Å². The molecule has 132 valence electrons. The molecule has 1 aromatic carbocycles. The lowest BCUT2D eigenvalue weighted by Gasteiger charge is -2.37. The standard InChI is InChI=1S/C20H20N4O2/c25-16-11-15(12-16)19(18-3-1-2-9-21-18)23-20(26)14-6-4-13(5-7-14)17-8-10-22-24-17/h1-10,15-16,19,25H,11-12H2,(H,22,24)(H,23,26). The quantitative estimate of drug-likeness (QED) is 0.661. The Bertz CT molecular complexity index is 857. The van der Waals surface area contributed by atoms with Crippen molar-refractivity contribution in [1.82, 2.24) is 20.5 Å². The van der Waals surface area contributed by atoms with Crippen LogP contribution in [-0.2, 0) is 0 Å². The molecule has 0 saturated heterocycles. The van der Waals surface area contributed by atoms with Crippen molar-refractivity contribution in [1.29, 1.82) is 0 Å². The maximum atomic E-state index is 12.7. The van der Waals surface area contributed by atoms with Crippen LogP contribution in [0.15, 0.2) is 60.9 Å². The van der Waals surface area contributed by atoms with Crippen molar-refractivity contribution in [2.24, 2.45) is 5.92 Å². The van der Waals surface area contributed by atoms with Gasteiger partial charge in [0.1, 0.15) is 0 Å². The highest BCUT2D eigenvalue weighted by molar-refractivity contribution is 5.94. The number of pyridine rings is 1. The number of rotatable bonds is 5. The van der Waals surface area contributed by atoms with Gasteiger partial charge >= 0.3 is 0 Å². The molecule has 6 heteroatoms. The second kappa shape index (κ2) is 7.09. The molecule has 26 heavy (non-hydrogen) atoms. The first-order valence-electron chi connectivity index (χ1n) is 8.70. The first-order valence-corrected chi connectivity index (χ1v) is 8.70. The first kappa shape index (κ1) is 16.5. The number of benzene rings is 1. The fourth-order valence-corrected chi connectivity index (χ4v) is 3.34. The van der Waals surface area contributed by atoms with Gasteiger partial charge in [0.15, 0.2) is 0 Å². The zero-order valence-electron chi connectivity index (χ0n) is 14.2. The van der Waals surface area contributed by atoms with Crippen molar-refractivity contribution in [3.63, 3.8) is 0 Å². The van der Waals surface area contributed by atoms with Crippen LogP contribution in [0.5, 0.6) is 0 Å². The molecular weight excluding hydrogens is 328 g/mol. The molecule has 0 bridgehead atoms. The minimum Gasteiger partial charge on any atom is -0.393 e. The van der Waals surface area contributed by atoms with Gasteiger partial charge in [-0.25, -0.2) is 0 Å². The summed E-state index contributed by atoms with van der Waals surface area (Å²) >= 11 is 0. The molecule has 1 atom stereocenters. The topological polar surface area (TPSA) is 90.9 Å². The summed E-state index contributed by atoms with van der Waals surface area (Å²) < 4.78 is 0. The van der Waals surface area contributed by atoms with Gasteiger partial charge in [0.2, 0.25) is 0 Å². The molecule has 6 nitrogen and oxygen atoms in total. The van der Waals surface area contributed by atoms with Gasteiger partial charge in [-0.05, 0) is 54.7 Å². The van der Waals surface area contributed by atoms with Crippen molar-refractivity contribution in [2.75, 3.05) is 0 Å². The molecule has 1 aliphatic rings. The Hall–Kier alpha value is -2.99. The number of hydrogen-bond acceptors (Lipinski definition) is 4. The van der Waals surface area contributed by atoms with Crippen LogP contribution in [0, 0.1) is 5.92 Å². The lowest BCUT2D eigenvalue weighted by Crippen LogP contribution is -2.41. The highest BCUT2D eigenvalue weighted by Crippen LogP contribution is 2.37. The van der Waals surface area contributed by atoms with E-state index in [0.717, 1.165) is 17.0 Å². The molecule has 2 aromatic heterocycles. The van der Waals surface area contributed by atoms with Crippen LogP contribution < -0.4 is 5.32 Å². The van der Waals surface area contributed by atoms with Gasteiger partial charge in [-0.15, -0.1) is 0 Å². The summed E-state index contributed by atoms with van der Waals surface area (Å²) in [4.78, 5) is 17.1. The maximum absolute atomic E-state index is 12.7. The number of hydrogen-bond donors (Lipinski definition) is 3. The van der Waals surface area contributed by atoms with E-state index in [-0.39, 0.29) is 24.0 Å². The summed E-state index contributed by atoms with van der Waals surface area (Å²) in [5, 5.41) is 19.6. The molecule has 0 aliphatic heterocycles. The average molecular weight is 348 g/mol. The summed E-state index contributed by atoms with van der Waals surface area (Å²) in [6.45, 7) is 0. The van der Waals surface area contributed by atoms with E-state index in [0.29, 0.717) is 18.4 Å². The smallest absolute Gasteiger partial charge is 0.251 e. The van der Waals surface area contributed by atoms with Crippen molar-refractivity contribution in [3.8, 4) is 11.3 Å². The monoisotopic (exact) mass is 348 g/mol. The van der Waals surface area contributed by atoms with E-state index < -0.39 is 0 Å². The van der Waals surface area contributed by atoms with E-state index in [4.69, 9.17) is 0 Å². The first-order chi connectivity index (χ1) is 12.7. The van der Waals surface area contributed by atoms with E-state index in [2.05, 4.69) is 20.5 Å². The molecular formula is C20H20N4O2. The number of carbonyl (C=O) groups is 1. The number of H-pyrrole nitrogens is 1. The Morgan fingerprint density at radius 1 is 1.12 bits per heavy atom. The zero-order chi connectivity index (χ0) is 17.9. The predicted molar refractivity (Wildman–Crippen MR) is 97.2 cm³/mol. The molecule has 2 heterocycles. The van der Waals surface area contributed by atoms with Gasteiger partial charge in [0.25, 0.3) is 5.91 Å². The van der Waals surface area contributed by atoms with Crippen LogP contribution in [0.4, 0.5) is 0 Å². The number of aliphatic hydroxyl groups is 1. The van der Waals surface area contributed by atoms with E-state index in [9.17, 15) is 9.90 Å². The molecule has 1 amide bonds. The van der Waals surface area contributed by atoms with Gasteiger partial charge < -0.3 is 10.4 Å². The van der Waals surface area contributed by atoms with Crippen LogP contribution in [0.3, 0.4) is 0 Å². The molecule has 1 unspecified atom stereocenters. The fourth-order valence-electron chi connectivity index (χ4n) is 3.34. The Morgan fingerprint density at radius 2 is 1.92 bits per heavy atom. The summed E-state index contributed by atoms with van der Waals surface area (Å²) in [6, 6.07) is 14.8. The minimum atomic E-state index is -0.281. The van der Waals surface area contributed by atoms with Crippen molar-refractivity contribution in [3.05, 3.63) is 72.2 Å². The molecule has 0 radical (unpaired) electrons. The molecule has 1 fully saturated rings. The zero-order valence-corrected chi connectivity index (χ0v) is 14.2. The van der Waals surface area contributed by atoms with Crippen LogP contribution >= 0.6 is 0 Å². The molecule has 3 N–H and O–H groups in total. The molecule has 0 spiro atoms. The molecule has 4 rings (SSSR count). The minimum absolute atomic E-state index is 0.141. The lowest BCUT2D eigenvalue weighted by molar-refractivity contribution is 0.0228. The predicted octanol–water partition coefficient (Wildman–Crippen LogP) is 2.71. The van der Waals surface area contributed by atoms with Gasteiger partial charge in [-0.1, -0.05) is 18.2 Å². The Kier molecular flexibility index (Phi) is 4.50. The third-order valence-corrected chi connectivity index (χ3v) is 4.87. The number of nitrogens with one attached hydrogen (secondary N) is 2. The van der Waals surface area contributed by atoms with Crippen LogP contribution in [0.25, 0.3) is 11.3 Å². The highest BCUT2D eigenvalue weighted by Gasteiger charge is 2.36. The lowest BCUT2D eigenvalue weighted by atomic mass is 9.76. The normalized spacial score (nSPS) is 20.2. The van der Waals surface area contributed by atoms with Gasteiger partial charge in [0, 0.05) is 18.0 Å². The number of aromatic nitrogens is 3. The summed E-state index contributed by atoms with van der Waals surface area (Å²) in [7, 11) is 0. The number of nitrogens with zero attached hydrogens (tertiary/aromatic N) is 2. The summed E-state index contributed by atoms with van der Waals surface area (Å²) in [5.41, 5.74) is 3.30. The average Bonchev–Trinajstić information content (AvgIpc) is 3.19. The Morgan fingerprint density at radius 3 is 2.54 bits per heavy atom. The largest absolute Gasteiger partial charge is 0.393 e. The van der Waals surface area contributed by atoms with Gasteiger partial charge in [-0.2, -0.15) is 5.10 Å². The second-order valence-electron chi connectivity index (χ2n) is 6.64. The SMILES string of the molecule is O=C(NC(c1ccccn1)C1CC(O)C1)c1ccc(-c2ccn[nH]2)cc1. The van der Waals surface area contributed by atoms with Crippen LogP contribution in [-0.4, -0.2) is 32.3 Å². The third kappa shape index (κ3) is 3.36. The Labute approximate surface area is 151 Å². The number of amides is 1. The van der Waals surface area contributed by atoms with Gasteiger partial charge in [-0.3, -0.25) is 14.9 Å². The number of aliphatic hydroxyl groups excluding tert-OH is 1. The summed E-state index contributed by atoms with van der Waals surface area (Å²) in [6.07, 6.45) is 4.50. The molecule has 1 aliphatic carbocycles. The number of carbonyl (C=O) groups excluding carboxylic acids is 1. The van der Waals surface area contributed by atoms with Crippen LogP contribution in [0.1, 0.15) is 34.9 Å². The highest BCUT2D eigenvalue weighted by atomic mass is 16.3. The third-order valence-electron chi connectivity index (χ3n) is 4.87. The van der Waals surface area contributed by atoms with Crippen LogP contribution in [0.2, 0.25) is 0 Å². The second-order valence-corrected chi connectivity index (χ2v) is 6.64. The molecule has 1 saturated carbocycles. The van der Waals surface area contributed by atoms with E-state index in [1.165, 1.54) is 0 Å².